The Bertz CT molecular complexity index is 683. The van der Waals surface area contributed by atoms with Gasteiger partial charge < -0.3 is 10.1 Å². The van der Waals surface area contributed by atoms with Crippen molar-refractivity contribution in [2.75, 3.05) is 11.9 Å². The molecule has 1 N–H and O–H groups in total. The van der Waals surface area contributed by atoms with E-state index in [0.717, 1.165) is 22.4 Å². The summed E-state index contributed by atoms with van der Waals surface area (Å²) in [7, 11) is 0. The first-order chi connectivity index (χ1) is 10.5. The Morgan fingerprint density at radius 3 is 2.55 bits per heavy atom. The largest absolute Gasteiger partial charge is 0.493 e. The SMILES string of the molecule is Cc1ccc(F)c(NC(=O)CCOc2cc(C)ccc2C)c1. The Morgan fingerprint density at radius 2 is 1.77 bits per heavy atom. The molecule has 0 aliphatic carbocycles. The molecule has 0 atom stereocenters. The van der Waals surface area contributed by atoms with Crippen LogP contribution >= 0.6 is 0 Å². The van der Waals surface area contributed by atoms with Gasteiger partial charge in [0.2, 0.25) is 5.91 Å². The van der Waals surface area contributed by atoms with Gasteiger partial charge in [-0.05, 0) is 55.7 Å². The summed E-state index contributed by atoms with van der Waals surface area (Å²) in [6.07, 6.45) is 0.167. The van der Waals surface area contributed by atoms with Crippen LogP contribution in [-0.4, -0.2) is 12.5 Å². The Labute approximate surface area is 130 Å². The highest BCUT2D eigenvalue weighted by Gasteiger charge is 2.08. The van der Waals surface area contributed by atoms with Crippen molar-refractivity contribution >= 4 is 11.6 Å². The third-order valence-electron chi connectivity index (χ3n) is 3.33. The molecule has 0 radical (unpaired) electrons. The minimum absolute atomic E-state index is 0.167. The fraction of sp³-hybridized carbons (Fsp3) is 0.278. The quantitative estimate of drug-likeness (QED) is 0.900. The van der Waals surface area contributed by atoms with E-state index in [1.807, 2.05) is 39.0 Å². The number of ether oxygens (including phenoxy) is 1. The monoisotopic (exact) mass is 301 g/mol. The first kappa shape index (κ1) is 16.0. The van der Waals surface area contributed by atoms with E-state index >= 15 is 0 Å². The van der Waals surface area contributed by atoms with Crippen molar-refractivity contribution < 1.29 is 13.9 Å². The molecule has 0 saturated heterocycles. The molecule has 116 valence electrons. The number of anilines is 1. The van der Waals surface area contributed by atoms with Crippen LogP contribution < -0.4 is 10.1 Å². The van der Waals surface area contributed by atoms with E-state index in [1.54, 1.807) is 12.1 Å². The van der Waals surface area contributed by atoms with E-state index < -0.39 is 5.82 Å². The van der Waals surface area contributed by atoms with E-state index in [-0.39, 0.29) is 24.6 Å². The van der Waals surface area contributed by atoms with Crippen LogP contribution in [-0.2, 0) is 4.79 Å². The lowest BCUT2D eigenvalue weighted by Crippen LogP contribution is -2.16. The molecule has 22 heavy (non-hydrogen) atoms. The summed E-state index contributed by atoms with van der Waals surface area (Å²) in [5.74, 6) is 0.0683. The van der Waals surface area contributed by atoms with Crippen molar-refractivity contribution in [2.45, 2.75) is 27.2 Å². The van der Waals surface area contributed by atoms with Crippen LogP contribution in [0.3, 0.4) is 0 Å². The minimum atomic E-state index is -0.436. The second-order valence-corrected chi connectivity index (χ2v) is 5.40. The number of nitrogens with one attached hydrogen (secondary N) is 1. The zero-order valence-electron chi connectivity index (χ0n) is 13.1. The highest BCUT2D eigenvalue weighted by molar-refractivity contribution is 5.91. The summed E-state index contributed by atoms with van der Waals surface area (Å²) in [5, 5.41) is 2.57. The normalized spacial score (nSPS) is 10.4. The smallest absolute Gasteiger partial charge is 0.227 e. The molecule has 4 heteroatoms. The summed E-state index contributed by atoms with van der Waals surface area (Å²) in [5.41, 5.74) is 3.22. The van der Waals surface area contributed by atoms with E-state index in [4.69, 9.17) is 4.74 Å². The Balaban J connectivity index is 1.88. The van der Waals surface area contributed by atoms with Crippen LogP contribution in [0.25, 0.3) is 0 Å². The maximum absolute atomic E-state index is 13.6. The number of rotatable bonds is 5. The van der Waals surface area contributed by atoms with E-state index in [1.165, 1.54) is 6.07 Å². The predicted octanol–water partition coefficient (Wildman–Crippen LogP) is 4.16. The average Bonchev–Trinajstić information content (AvgIpc) is 2.46. The summed E-state index contributed by atoms with van der Waals surface area (Å²) in [6, 6.07) is 10.5. The molecule has 1 amide bonds. The number of hydrogen-bond donors (Lipinski definition) is 1. The summed E-state index contributed by atoms with van der Waals surface area (Å²) in [6.45, 7) is 6.04. The standard InChI is InChI=1S/C18H20FNO2/c1-12-5-7-15(19)16(10-12)20-18(21)8-9-22-17-11-13(2)4-6-14(17)3/h4-7,10-11H,8-9H2,1-3H3,(H,20,21). The molecular weight excluding hydrogens is 281 g/mol. The Hall–Kier alpha value is -2.36. The van der Waals surface area contributed by atoms with Gasteiger partial charge in [0.1, 0.15) is 11.6 Å². The first-order valence-corrected chi connectivity index (χ1v) is 7.22. The van der Waals surface area contributed by atoms with Crippen molar-refractivity contribution in [1.29, 1.82) is 0 Å². The van der Waals surface area contributed by atoms with Crippen LogP contribution in [0.4, 0.5) is 10.1 Å². The molecule has 0 bridgehead atoms. The summed E-state index contributed by atoms with van der Waals surface area (Å²) >= 11 is 0. The number of aryl methyl sites for hydroxylation is 3. The van der Waals surface area contributed by atoms with Crippen molar-refractivity contribution in [3.63, 3.8) is 0 Å². The Morgan fingerprint density at radius 1 is 1.09 bits per heavy atom. The fourth-order valence-corrected chi connectivity index (χ4v) is 2.06. The van der Waals surface area contributed by atoms with Gasteiger partial charge in [-0.1, -0.05) is 18.2 Å². The van der Waals surface area contributed by atoms with Gasteiger partial charge in [-0.15, -0.1) is 0 Å². The topological polar surface area (TPSA) is 38.3 Å². The van der Waals surface area contributed by atoms with E-state index in [2.05, 4.69) is 5.32 Å². The summed E-state index contributed by atoms with van der Waals surface area (Å²) in [4.78, 5) is 11.9. The van der Waals surface area contributed by atoms with Crippen molar-refractivity contribution in [3.8, 4) is 5.75 Å². The first-order valence-electron chi connectivity index (χ1n) is 7.22. The van der Waals surface area contributed by atoms with E-state index in [0.29, 0.717) is 0 Å². The molecule has 0 aromatic heterocycles. The minimum Gasteiger partial charge on any atom is -0.493 e. The molecule has 2 rings (SSSR count). The zero-order chi connectivity index (χ0) is 16.1. The lowest BCUT2D eigenvalue weighted by molar-refractivity contribution is -0.116. The van der Waals surface area contributed by atoms with Crippen LogP contribution in [0.15, 0.2) is 36.4 Å². The van der Waals surface area contributed by atoms with E-state index in [9.17, 15) is 9.18 Å². The molecule has 0 aliphatic heterocycles. The van der Waals surface area contributed by atoms with Crippen LogP contribution in [0.5, 0.6) is 5.75 Å². The molecule has 3 nitrogen and oxygen atoms in total. The molecule has 2 aromatic rings. The molecule has 0 saturated carbocycles. The van der Waals surface area contributed by atoms with Gasteiger partial charge in [0.05, 0.1) is 18.7 Å². The van der Waals surface area contributed by atoms with Crippen molar-refractivity contribution in [3.05, 3.63) is 58.9 Å². The number of amides is 1. The molecule has 0 fully saturated rings. The molecule has 0 unspecified atom stereocenters. The van der Waals surface area contributed by atoms with Crippen LogP contribution in [0.1, 0.15) is 23.1 Å². The highest BCUT2D eigenvalue weighted by atomic mass is 19.1. The van der Waals surface area contributed by atoms with Gasteiger partial charge in [-0.25, -0.2) is 4.39 Å². The third kappa shape index (κ3) is 4.32. The molecular formula is C18H20FNO2. The van der Waals surface area contributed by atoms with Crippen LogP contribution in [0, 0.1) is 26.6 Å². The Kier molecular flexibility index (Phi) is 5.15. The van der Waals surface area contributed by atoms with Crippen molar-refractivity contribution in [2.24, 2.45) is 0 Å². The zero-order valence-corrected chi connectivity index (χ0v) is 13.1. The van der Waals surface area contributed by atoms with Gasteiger partial charge in [-0.2, -0.15) is 0 Å². The number of halogens is 1. The van der Waals surface area contributed by atoms with Gasteiger partial charge >= 0.3 is 0 Å². The van der Waals surface area contributed by atoms with Gasteiger partial charge in [0.15, 0.2) is 0 Å². The lowest BCUT2D eigenvalue weighted by atomic mass is 10.1. The number of carbonyl (C=O) groups excluding carboxylic acids is 1. The van der Waals surface area contributed by atoms with Gasteiger partial charge in [-0.3, -0.25) is 4.79 Å². The lowest BCUT2D eigenvalue weighted by Gasteiger charge is -2.11. The average molecular weight is 301 g/mol. The maximum atomic E-state index is 13.6. The molecule has 0 aliphatic rings. The molecule has 0 spiro atoms. The predicted molar refractivity (Wildman–Crippen MR) is 85.8 cm³/mol. The van der Waals surface area contributed by atoms with Crippen molar-refractivity contribution in [1.82, 2.24) is 0 Å². The molecule has 2 aromatic carbocycles. The second kappa shape index (κ2) is 7.07. The number of carbonyl (C=O) groups is 1. The second-order valence-electron chi connectivity index (χ2n) is 5.40. The number of benzene rings is 2. The summed E-state index contributed by atoms with van der Waals surface area (Å²) < 4.78 is 19.2. The third-order valence-corrected chi connectivity index (χ3v) is 3.33. The molecule has 0 heterocycles. The fourth-order valence-electron chi connectivity index (χ4n) is 2.06. The van der Waals surface area contributed by atoms with Gasteiger partial charge in [0.25, 0.3) is 0 Å². The van der Waals surface area contributed by atoms with Gasteiger partial charge in [0, 0.05) is 0 Å². The highest BCUT2D eigenvalue weighted by Crippen LogP contribution is 2.19. The van der Waals surface area contributed by atoms with Crippen LogP contribution in [0.2, 0.25) is 0 Å². The maximum Gasteiger partial charge on any atom is 0.227 e. The number of hydrogen-bond acceptors (Lipinski definition) is 2.